The number of piperazine rings is 1. The molecule has 1 aliphatic heterocycles. The lowest BCUT2D eigenvalue weighted by molar-refractivity contribution is -0.150. The molecule has 2 fully saturated rings. The molecule has 128 valence electrons. The molecule has 0 radical (unpaired) electrons. The number of methoxy groups -OCH3 is 1. The largest absolute Gasteiger partial charge is 0.469 e. The molecule has 1 aliphatic carbocycles. The molecule has 7 heteroatoms. The van der Waals surface area contributed by atoms with Crippen molar-refractivity contribution in [2.24, 2.45) is 5.92 Å². The number of hydrogen-bond donors (Lipinski definition) is 1. The van der Waals surface area contributed by atoms with Gasteiger partial charge in [0.25, 0.3) is 0 Å². The van der Waals surface area contributed by atoms with Gasteiger partial charge in [0.2, 0.25) is 11.8 Å². The normalized spacial score (nSPS) is 25.8. The maximum atomic E-state index is 13.0. The zero-order valence-electron chi connectivity index (χ0n) is 13.3. The number of carbonyl (C=O) groups excluding carboxylic acids is 3. The van der Waals surface area contributed by atoms with Gasteiger partial charge in [-0.25, -0.2) is 4.39 Å². The molecule has 0 bridgehead atoms. The third-order valence-electron chi connectivity index (χ3n) is 4.61. The fourth-order valence-electron chi connectivity index (χ4n) is 3.18. The van der Waals surface area contributed by atoms with Crippen LogP contribution in [0, 0.1) is 11.7 Å². The highest BCUT2D eigenvalue weighted by molar-refractivity contribution is 5.93. The first-order valence-electron chi connectivity index (χ1n) is 7.91. The van der Waals surface area contributed by atoms with Crippen molar-refractivity contribution in [3.05, 3.63) is 35.6 Å². The molecule has 1 heterocycles. The first-order valence-corrected chi connectivity index (χ1v) is 7.91. The smallest absolute Gasteiger partial charge is 0.308 e. The number of hydrogen-bond acceptors (Lipinski definition) is 4. The van der Waals surface area contributed by atoms with Crippen LogP contribution in [0.15, 0.2) is 24.3 Å². The number of carbonyl (C=O) groups is 3. The number of rotatable bonds is 4. The lowest BCUT2D eigenvalue weighted by Crippen LogP contribution is -2.58. The molecule has 2 aliphatic rings. The molecule has 1 N–H and O–H groups in total. The standard InChI is InChI=1S/C17H19FN2O4/c1-24-15(21)9-14-16(22)19-6-7-20(14)17(23)13-8-12(13)10-2-4-11(18)5-3-10/h2-5,12-14H,6-9H2,1H3,(H,19,22)/t12-,13-,14+/m0/s1. The molecule has 6 nitrogen and oxygen atoms in total. The molecule has 24 heavy (non-hydrogen) atoms. The first-order chi connectivity index (χ1) is 11.5. The second kappa shape index (κ2) is 6.59. The summed E-state index contributed by atoms with van der Waals surface area (Å²) in [5, 5.41) is 2.67. The number of amides is 2. The van der Waals surface area contributed by atoms with E-state index in [0.717, 1.165) is 5.56 Å². The van der Waals surface area contributed by atoms with Gasteiger partial charge in [0.05, 0.1) is 13.5 Å². The lowest BCUT2D eigenvalue weighted by atomic mass is 10.1. The van der Waals surface area contributed by atoms with Crippen molar-refractivity contribution >= 4 is 17.8 Å². The van der Waals surface area contributed by atoms with Crippen molar-refractivity contribution in [3.8, 4) is 0 Å². The summed E-state index contributed by atoms with van der Waals surface area (Å²) >= 11 is 0. The molecular weight excluding hydrogens is 315 g/mol. The summed E-state index contributed by atoms with van der Waals surface area (Å²) in [7, 11) is 1.25. The van der Waals surface area contributed by atoms with Crippen LogP contribution in [0.1, 0.15) is 24.3 Å². The van der Waals surface area contributed by atoms with E-state index in [4.69, 9.17) is 0 Å². The summed E-state index contributed by atoms with van der Waals surface area (Å²) in [5.74, 6) is -1.48. The Hall–Kier alpha value is -2.44. The average molecular weight is 334 g/mol. The first kappa shape index (κ1) is 16.4. The van der Waals surface area contributed by atoms with Crippen molar-refractivity contribution in [2.75, 3.05) is 20.2 Å². The Morgan fingerprint density at radius 3 is 2.71 bits per heavy atom. The summed E-state index contributed by atoms with van der Waals surface area (Å²) in [6.45, 7) is 0.745. The zero-order chi connectivity index (χ0) is 17.3. The summed E-state index contributed by atoms with van der Waals surface area (Å²) in [6, 6.07) is 5.30. The van der Waals surface area contributed by atoms with Gasteiger partial charge < -0.3 is 15.0 Å². The predicted molar refractivity (Wildman–Crippen MR) is 82.4 cm³/mol. The molecule has 1 aromatic carbocycles. The Balaban J connectivity index is 1.70. The Kier molecular flexibility index (Phi) is 4.51. The minimum absolute atomic E-state index is 0.0434. The average Bonchev–Trinajstić information content (AvgIpc) is 3.37. The van der Waals surface area contributed by atoms with Crippen LogP contribution in [-0.4, -0.2) is 48.9 Å². The van der Waals surface area contributed by atoms with Crippen molar-refractivity contribution in [2.45, 2.75) is 24.8 Å². The minimum atomic E-state index is -0.826. The lowest BCUT2D eigenvalue weighted by Gasteiger charge is -2.34. The van der Waals surface area contributed by atoms with Gasteiger partial charge in [-0.1, -0.05) is 12.1 Å². The Bertz CT molecular complexity index is 661. The van der Waals surface area contributed by atoms with Gasteiger partial charge in [-0.2, -0.15) is 0 Å². The van der Waals surface area contributed by atoms with E-state index >= 15 is 0 Å². The van der Waals surface area contributed by atoms with E-state index in [9.17, 15) is 18.8 Å². The van der Waals surface area contributed by atoms with E-state index in [-0.39, 0.29) is 35.9 Å². The predicted octanol–water partition coefficient (Wildman–Crippen LogP) is 0.819. The van der Waals surface area contributed by atoms with Crippen LogP contribution in [0.25, 0.3) is 0 Å². The molecule has 1 aromatic rings. The number of nitrogens with one attached hydrogen (secondary N) is 1. The van der Waals surface area contributed by atoms with Gasteiger partial charge in [0.1, 0.15) is 11.9 Å². The molecule has 2 amide bonds. The summed E-state index contributed by atoms with van der Waals surface area (Å²) in [5.41, 5.74) is 0.917. The fraction of sp³-hybridized carbons (Fsp3) is 0.471. The fourth-order valence-corrected chi connectivity index (χ4v) is 3.18. The topological polar surface area (TPSA) is 75.7 Å². The Labute approximate surface area is 139 Å². The number of nitrogens with zero attached hydrogens (tertiary/aromatic N) is 1. The van der Waals surface area contributed by atoms with Crippen LogP contribution in [-0.2, 0) is 19.1 Å². The van der Waals surface area contributed by atoms with E-state index in [0.29, 0.717) is 19.5 Å². The molecule has 0 aromatic heterocycles. The zero-order valence-corrected chi connectivity index (χ0v) is 13.3. The number of benzene rings is 1. The second-order valence-electron chi connectivity index (χ2n) is 6.12. The molecule has 3 atom stereocenters. The van der Waals surface area contributed by atoms with Crippen molar-refractivity contribution in [1.29, 1.82) is 0 Å². The molecular formula is C17H19FN2O4. The van der Waals surface area contributed by atoms with Gasteiger partial charge in [0, 0.05) is 19.0 Å². The number of halogens is 1. The third kappa shape index (κ3) is 3.25. The maximum Gasteiger partial charge on any atom is 0.308 e. The number of ether oxygens (including phenoxy) is 1. The quantitative estimate of drug-likeness (QED) is 0.827. The minimum Gasteiger partial charge on any atom is -0.469 e. The molecule has 3 rings (SSSR count). The Morgan fingerprint density at radius 1 is 1.33 bits per heavy atom. The molecule has 0 spiro atoms. The van der Waals surface area contributed by atoms with Crippen LogP contribution in [0.2, 0.25) is 0 Å². The second-order valence-corrected chi connectivity index (χ2v) is 6.12. The van der Waals surface area contributed by atoms with Gasteiger partial charge in [-0.3, -0.25) is 14.4 Å². The SMILES string of the molecule is COC(=O)C[C@@H]1C(=O)NCCN1C(=O)[C@H]1C[C@H]1c1ccc(F)cc1. The third-order valence-corrected chi connectivity index (χ3v) is 4.61. The molecule has 0 unspecified atom stereocenters. The van der Waals surface area contributed by atoms with Gasteiger partial charge in [-0.15, -0.1) is 0 Å². The Morgan fingerprint density at radius 2 is 2.04 bits per heavy atom. The van der Waals surface area contributed by atoms with E-state index in [1.807, 2.05) is 0 Å². The van der Waals surface area contributed by atoms with Crippen molar-refractivity contribution in [1.82, 2.24) is 10.2 Å². The highest BCUT2D eigenvalue weighted by atomic mass is 19.1. The van der Waals surface area contributed by atoms with Crippen LogP contribution >= 0.6 is 0 Å². The van der Waals surface area contributed by atoms with E-state index < -0.39 is 12.0 Å². The summed E-state index contributed by atoms with van der Waals surface area (Å²) < 4.78 is 17.6. The molecule has 1 saturated heterocycles. The van der Waals surface area contributed by atoms with Crippen LogP contribution in [0.3, 0.4) is 0 Å². The van der Waals surface area contributed by atoms with Crippen molar-refractivity contribution in [3.63, 3.8) is 0 Å². The van der Waals surface area contributed by atoms with E-state index in [2.05, 4.69) is 10.1 Å². The van der Waals surface area contributed by atoms with Crippen LogP contribution < -0.4 is 5.32 Å². The number of esters is 1. The van der Waals surface area contributed by atoms with Crippen molar-refractivity contribution < 1.29 is 23.5 Å². The van der Waals surface area contributed by atoms with Crippen LogP contribution in [0.5, 0.6) is 0 Å². The van der Waals surface area contributed by atoms with Gasteiger partial charge >= 0.3 is 5.97 Å². The van der Waals surface area contributed by atoms with Gasteiger partial charge in [0.15, 0.2) is 0 Å². The monoisotopic (exact) mass is 334 g/mol. The maximum absolute atomic E-state index is 13.0. The van der Waals surface area contributed by atoms with E-state index in [1.54, 1.807) is 12.1 Å². The summed E-state index contributed by atoms with van der Waals surface area (Å²) in [6.07, 6.45) is 0.523. The molecule has 1 saturated carbocycles. The highest BCUT2D eigenvalue weighted by Crippen LogP contribution is 2.48. The highest BCUT2D eigenvalue weighted by Gasteiger charge is 2.48. The summed E-state index contributed by atoms with van der Waals surface area (Å²) in [4.78, 5) is 37.8. The van der Waals surface area contributed by atoms with Gasteiger partial charge in [-0.05, 0) is 30.0 Å². The van der Waals surface area contributed by atoms with E-state index in [1.165, 1.54) is 24.1 Å². The van der Waals surface area contributed by atoms with Crippen LogP contribution in [0.4, 0.5) is 4.39 Å².